The Hall–Kier alpha value is -1.47. The fourth-order valence-electron chi connectivity index (χ4n) is 4.77. The van der Waals surface area contributed by atoms with E-state index in [1.54, 1.807) is 0 Å². The van der Waals surface area contributed by atoms with Crippen LogP contribution < -0.4 is 5.48 Å². The maximum Gasteiger partial charge on any atom is 0.418 e. The first-order valence-electron chi connectivity index (χ1n) is 9.17. The van der Waals surface area contributed by atoms with E-state index in [-0.39, 0.29) is 12.6 Å². The van der Waals surface area contributed by atoms with Gasteiger partial charge >= 0.3 is 16.4 Å². The van der Waals surface area contributed by atoms with Crippen molar-refractivity contribution < 1.29 is 31.7 Å². The molecule has 0 aromatic carbocycles. The van der Waals surface area contributed by atoms with Crippen LogP contribution in [-0.4, -0.2) is 83.6 Å². The van der Waals surface area contributed by atoms with Gasteiger partial charge in [-0.3, -0.25) is 14.2 Å². The summed E-state index contributed by atoms with van der Waals surface area (Å²) in [4.78, 5) is 34.1. The second-order valence-corrected chi connectivity index (χ2v) is 8.74. The normalized spacial score (nSPS) is 36.4. The molecule has 27 heavy (non-hydrogen) atoms. The van der Waals surface area contributed by atoms with E-state index < -0.39 is 34.4 Å². The largest absolute Gasteiger partial charge is 0.418 e. The Morgan fingerprint density at radius 1 is 1.15 bits per heavy atom. The molecular weight excluding hydrogens is 380 g/mol. The van der Waals surface area contributed by atoms with Crippen LogP contribution in [0, 0.1) is 0 Å². The second-order valence-electron chi connectivity index (χ2n) is 7.74. The lowest BCUT2D eigenvalue weighted by Gasteiger charge is -2.36. The highest BCUT2D eigenvalue weighted by Gasteiger charge is 2.49. The number of nitrogens with one attached hydrogen (secondary N) is 1. The first-order chi connectivity index (χ1) is 12.7. The Morgan fingerprint density at radius 3 is 2.41 bits per heavy atom. The number of hydrogen-bond donors (Lipinski definition) is 2. The summed E-state index contributed by atoms with van der Waals surface area (Å²) < 4.78 is 35.0. The molecule has 11 nitrogen and oxygen atoms in total. The molecule has 4 bridgehead atoms. The average molecular weight is 404 g/mol. The first-order valence-corrected chi connectivity index (χ1v) is 10.5. The monoisotopic (exact) mass is 404 g/mol. The third-order valence-electron chi connectivity index (χ3n) is 6.18. The highest BCUT2D eigenvalue weighted by atomic mass is 32.3. The minimum Gasteiger partial charge on any atom is -0.309 e. The van der Waals surface area contributed by atoms with E-state index in [9.17, 15) is 18.0 Å². The summed E-state index contributed by atoms with van der Waals surface area (Å²) in [5, 5.41) is 0.623. The van der Waals surface area contributed by atoms with Crippen LogP contribution in [-0.2, 0) is 24.3 Å². The molecule has 4 atom stereocenters. The Kier molecular flexibility index (Phi) is 4.79. The van der Waals surface area contributed by atoms with Crippen molar-refractivity contribution in [3.8, 4) is 0 Å². The van der Waals surface area contributed by atoms with E-state index in [2.05, 4.69) is 21.7 Å². The predicted molar refractivity (Wildman–Crippen MR) is 90.2 cm³/mol. The van der Waals surface area contributed by atoms with Gasteiger partial charge in [-0.2, -0.15) is 13.5 Å². The summed E-state index contributed by atoms with van der Waals surface area (Å²) in [6.45, 7) is 0.158. The summed E-state index contributed by atoms with van der Waals surface area (Å²) in [7, 11) is -2.68. The third-order valence-corrected chi connectivity index (χ3v) is 6.53. The van der Waals surface area contributed by atoms with Gasteiger partial charge in [0, 0.05) is 18.6 Å². The van der Waals surface area contributed by atoms with Crippen molar-refractivity contribution in [2.45, 2.75) is 68.8 Å². The predicted octanol–water partition coefficient (Wildman–Crippen LogP) is -0.338. The number of urea groups is 1. The van der Waals surface area contributed by atoms with Gasteiger partial charge in [0.2, 0.25) is 0 Å². The van der Waals surface area contributed by atoms with Gasteiger partial charge in [-0.1, -0.05) is 0 Å². The number of carbonyl (C=O) groups is 2. The van der Waals surface area contributed by atoms with E-state index >= 15 is 0 Å². The van der Waals surface area contributed by atoms with Crippen molar-refractivity contribution in [3.63, 3.8) is 0 Å². The van der Waals surface area contributed by atoms with Gasteiger partial charge in [-0.15, -0.1) is 4.28 Å². The molecule has 2 N–H and O–H groups in total. The fraction of sp³-hybridized carbons (Fsp3) is 0.867. The molecule has 152 valence electrons. The number of carbonyl (C=O) groups excluding carboxylic acids is 2. The molecule has 4 saturated heterocycles. The lowest BCUT2D eigenvalue weighted by atomic mass is 10.0. The number of hydrogen-bond acceptors (Lipinski definition) is 7. The van der Waals surface area contributed by atoms with Crippen LogP contribution in [0.15, 0.2) is 0 Å². The van der Waals surface area contributed by atoms with Crippen molar-refractivity contribution >= 4 is 22.3 Å². The van der Waals surface area contributed by atoms with Crippen LogP contribution >= 0.6 is 0 Å². The molecule has 0 saturated carbocycles. The first kappa shape index (κ1) is 18.9. The molecule has 4 fully saturated rings. The zero-order valence-electron chi connectivity index (χ0n) is 15.0. The maximum absolute atomic E-state index is 12.5. The molecule has 2 unspecified atom stereocenters. The van der Waals surface area contributed by atoms with Gasteiger partial charge in [0.05, 0.1) is 12.1 Å². The van der Waals surface area contributed by atoms with Crippen molar-refractivity contribution in [2.75, 3.05) is 13.6 Å². The SMILES string of the molecule is CN1C2CCC1CC(ONC(=O)[C@@H]1CC[C@@H]3CN1C(=O)N3OS(=O)(=O)O)C2. The lowest BCUT2D eigenvalue weighted by molar-refractivity contribution is -0.147. The van der Waals surface area contributed by atoms with Crippen LogP contribution in [0.4, 0.5) is 4.79 Å². The topological polar surface area (TPSA) is 129 Å². The molecule has 4 heterocycles. The molecular formula is C15H24N4O7S. The standard InChI is InChI=1S/C15H24N4O7S/c1-17-9-2-3-10(17)7-12(6-9)25-16-14(20)13-5-4-11-8-18(13)15(21)19(11)26-27(22,23)24/h9-13H,2-8H2,1H3,(H,16,20)(H,22,23,24)/t9?,10?,11-,12?,13+/m1/s1. The molecule has 4 aliphatic rings. The van der Waals surface area contributed by atoms with E-state index in [1.807, 2.05) is 0 Å². The van der Waals surface area contributed by atoms with E-state index in [0.717, 1.165) is 25.7 Å². The van der Waals surface area contributed by atoms with Gasteiger partial charge in [0.25, 0.3) is 5.91 Å². The van der Waals surface area contributed by atoms with Crippen LogP contribution in [0.25, 0.3) is 0 Å². The fourth-order valence-corrected chi connectivity index (χ4v) is 5.16. The molecule has 4 rings (SSSR count). The number of piperidine rings is 2. The Labute approximate surface area is 157 Å². The maximum atomic E-state index is 12.5. The molecule has 0 aromatic heterocycles. The summed E-state index contributed by atoms with van der Waals surface area (Å²) >= 11 is 0. The summed E-state index contributed by atoms with van der Waals surface area (Å²) in [6.07, 6.45) is 4.70. The Morgan fingerprint density at radius 2 is 1.78 bits per heavy atom. The van der Waals surface area contributed by atoms with Gasteiger partial charge in [0.1, 0.15) is 6.04 Å². The van der Waals surface area contributed by atoms with E-state index in [1.165, 1.54) is 4.90 Å². The van der Waals surface area contributed by atoms with Gasteiger partial charge in [0.15, 0.2) is 0 Å². The number of rotatable bonds is 5. The molecule has 0 spiro atoms. The second kappa shape index (κ2) is 6.85. The van der Waals surface area contributed by atoms with Gasteiger partial charge in [-0.05, 0) is 45.6 Å². The van der Waals surface area contributed by atoms with Crippen LogP contribution in [0.2, 0.25) is 0 Å². The summed E-state index contributed by atoms with van der Waals surface area (Å²) in [5.74, 6) is -0.429. The lowest BCUT2D eigenvalue weighted by Crippen LogP contribution is -2.51. The highest BCUT2D eigenvalue weighted by molar-refractivity contribution is 7.80. The van der Waals surface area contributed by atoms with Crippen LogP contribution in [0.1, 0.15) is 38.5 Å². The highest BCUT2D eigenvalue weighted by Crippen LogP contribution is 2.35. The summed E-state index contributed by atoms with van der Waals surface area (Å²) in [5.41, 5.74) is 2.49. The van der Waals surface area contributed by atoms with Crippen LogP contribution in [0.3, 0.4) is 0 Å². The molecule has 0 radical (unpaired) electrons. The van der Waals surface area contributed by atoms with E-state index in [0.29, 0.717) is 30.0 Å². The van der Waals surface area contributed by atoms with Crippen molar-refractivity contribution in [1.82, 2.24) is 20.3 Å². The van der Waals surface area contributed by atoms with Gasteiger partial charge in [-0.25, -0.2) is 10.3 Å². The Bertz CT molecular complexity index is 718. The molecule has 12 heteroatoms. The molecule has 3 amide bonds. The van der Waals surface area contributed by atoms with Crippen molar-refractivity contribution in [1.29, 1.82) is 0 Å². The molecule has 4 aliphatic heterocycles. The zero-order chi connectivity index (χ0) is 19.3. The summed E-state index contributed by atoms with van der Waals surface area (Å²) in [6, 6.07) is -1.08. The Balaban J connectivity index is 1.33. The van der Waals surface area contributed by atoms with Crippen LogP contribution in [0.5, 0.6) is 0 Å². The molecule has 0 aromatic rings. The minimum absolute atomic E-state index is 0.0485. The smallest absolute Gasteiger partial charge is 0.309 e. The van der Waals surface area contributed by atoms with Gasteiger partial charge < -0.3 is 9.80 Å². The number of hydroxylamine groups is 3. The zero-order valence-corrected chi connectivity index (χ0v) is 15.8. The average Bonchev–Trinajstić information content (AvgIpc) is 2.95. The third kappa shape index (κ3) is 3.63. The van der Waals surface area contributed by atoms with Crippen molar-refractivity contribution in [2.24, 2.45) is 0 Å². The van der Waals surface area contributed by atoms with E-state index in [4.69, 9.17) is 9.39 Å². The number of amides is 3. The number of fused-ring (bicyclic) bond motifs is 4. The number of nitrogens with zero attached hydrogens (tertiary/aromatic N) is 3. The molecule has 0 aliphatic carbocycles. The quantitative estimate of drug-likeness (QED) is 0.470. The minimum atomic E-state index is -4.80. The van der Waals surface area contributed by atoms with Crippen molar-refractivity contribution in [3.05, 3.63) is 0 Å².